The number of hydrogen-bond acceptors (Lipinski definition) is 4. The van der Waals surface area contributed by atoms with Gasteiger partial charge in [0.25, 0.3) is 0 Å². The van der Waals surface area contributed by atoms with Crippen LogP contribution in [-0.2, 0) is 16.0 Å². The molecule has 0 fully saturated rings. The summed E-state index contributed by atoms with van der Waals surface area (Å²) >= 11 is 9.15. The van der Waals surface area contributed by atoms with Crippen LogP contribution in [0, 0.1) is 0 Å². The molecule has 0 N–H and O–H groups in total. The van der Waals surface area contributed by atoms with Crippen molar-refractivity contribution in [3.8, 4) is 5.75 Å². The Morgan fingerprint density at radius 1 is 1.30 bits per heavy atom. The molecule has 0 bridgehead atoms. The third-order valence-corrected chi connectivity index (χ3v) is 4.47. The maximum atomic E-state index is 12.5. The molecule has 23 heavy (non-hydrogen) atoms. The summed E-state index contributed by atoms with van der Waals surface area (Å²) in [5, 5.41) is 0.515. The number of rotatable bonds is 2. The molecule has 0 aliphatic carbocycles. The molecule has 1 aliphatic heterocycles. The fraction of sp³-hybridized carbons (Fsp3) is 0.176. The highest BCUT2D eigenvalue weighted by molar-refractivity contribution is 9.10. The van der Waals surface area contributed by atoms with Gasteiger partial charge in [-0.1, -0.05) is 29.8 Å². The molecule has 2 aromatic carbocycles. The van der Waals surface area contributed by atoms with Gasteiger partial charge in [-0.05, 0) is 52.7 Å². The van der Waals surface area contributed by atoms with E-state index in [0.29, 0.717) is 20.8 Å². The number of benzene rings is 2. The van der Waals surface area contributed by atoms with Gasteiger partial charge in [-0.2, -0.15) is 0 Å². The minimum atomic E-state index is -1.37. The largest absolute Gasteiger partial charge is 0.443 e. The Kier molecular flexibility index (Phi) is 4.17. The van der Waals surface area contributed by atoms with E-state index in [4.69, 9.17) is 21.1 Å². The Morgan fingerprint density at radius 3 is 2.78 bits per heavy atom. The quantitative estimate of drug-likeness (QED) is 0.565. The van der Waals surface area contributed by atoms with Crippen LogP contribution in [0.3, 0.4) is 0 Å². The summed E-state index contributed by atoms with van der Waals surface area (Å²) in [6.07, 6.45) is 0.263. The zero-order valence-electron chi connectivity index (χ0n) is 12.1. The fourth-order valence-corrected chi connectivity index (χ4v) is 3.18. The summed E-state index contributed by atoms with van der Waals surface area (Å²) in [6, 6.07) is 11.9. The Bertz CT molecular complexity index is 805. The number of fused-ring (bicyclic) bond motifs is 1. The number of cyclic esters (lactones) is 1. The molecular weight excluding hydrogens is 384 g/mol. The van der Waals surface area contributed by atoms with E-state index in [1.807, 2.05) is 6.07 Å². The SMILES string of the molecule is C[C@]1(C(=O)Oc2ccc(Cl)cc2Br)Cc2ccccc2C(=O)O1. The first-order valence-electron chi connectivity index (χ1n) is 6.88. The molecule has 0 saturated carbocycles. The van der Waals surface area contributed by atoms with Crippen LogP contribution >= 0.6 is 27.5 Å². The van der Waals surface area contributed by atoms with Crippen molar-refractivity contribution in [3.05, 3.63) is 63.1 Å². The second-order valence-electron chi connectivity index (χ2n) is 5.42. The van der Waals surface area contributed by atoms with Gasteiger partial charge in [-0.15, -0.1) is 0 Å². The topological polar surface area (TPSA) is 52.6 Å². The van der Waals surface area contributed by atoms with Crippen LogP contribution in [-0.4, -0.2) is 17.5 Å². The van der Waals surface area contributed by atoms with E-state index in [-0.39, 0.29) is 6.42 Å². The highest BCUT2D eigenvalue weighted by Gasteiger charge is 2.44. The Morgan fingerprint density at radius 2 is 2.04 bits per heavy atom. The molecule has 118 valence electrons. The minimum absolute atomic E-state index is 0.263. The van der Waals surface area contributed by atoms with Crippen molar-refractivity contribution in [2.24, 2.45) is 0 Å². The third-order valence-electron chi connectivity index (χ3n) is 3.61. The number of ether oxygens (including phenoxy) is 2. The van der Waals surface area contributed by atoms with Crippen LogP contribution in [0.4, 0.5) is 0 Å². The van der Waals surface area contributed by atoms with Crippen LogP contribution < -0.4 is 4.74 Å². The van der Waals surface area contributed by atoms with Crippen LogP contribution in [0.2, 0.25) is 5.02 Å². The van der Waals surface area contributed by atoms with Crippen LogP contribution in [0.25, 0.3) is 0 Å². The molecule has 0 aromatic heterocycles. The number of carbonyl (C=O) groups excluding carboxylic acids is 2. The lowest BCUT2D eigenvalue weighted by Gasteiger charge is -2.32. The fourth-order valence-electron chi connectivity index (χ4n) is 2.41. The van der Waals surface area contributed by atoms with Gasteiger partial charge in [0.2, 0.25) is 5.60 Å². The molecule has 1 atom stereocenters. The van der Waals surface area contributed by atoms with Crippen LogP contribution in [0.1, 0.15) is 22.8 Å². The molecule has 2 aromatic rings. The molecule has 0 spiro atoms. The second kappa shape index (κ2) is 5.98. The van der Waals surface area contributed by atoms with E-state index in [1.54, 1.807) is 43.3 Å². The van der Waals surface area contributed by atoms with Gasteiger partial charge in [0.05, 0.1) is 10.0 Å². The van der Waals surface area contributed by atoms with Crippen molar-refractivity contribution in [2.75, 3.05) is 0 Å². The summed E-state index contributed by atoms with van der Waals surface area (Å²) in [5.41, 5.74) is -0.131. The summed E-state index contributed by atoms with van der Waals surface area (Å²) in [4.78, 5) is 24.6. The van der Waals surface area contributed by atoms with Gasteiger partial charge in [0.15, 0.2) is 0 Å². The number of esters is 2. The average Bonchev–Trinajstić information content (AvgIpc) is 2.50. The van der Waals surface area contributed by atoms with Crippen molar-refractivity contribution in [3.63, 3.8) is 0 Å². The second-order valence-corrected chi connectivity index (χ2v) is 6.71. The highest BCUT2D eigenvalue weighted by Crippen LogP contribution is 2.32. The molecule has 0 unspecified atom stereocenters. The lowest BCUT2D eigenvalue weighted by atomic mass is 9.90. The summed E-state index contributed by atoms with van der Waals surface area (Å²) in [7, 11) is 0. The molecule has 6 heteroatoms. The van der Waals surface area contributed by atoms with Crippen molar-refractivity contribution in [1.82, 2.24) is 0 Å². The summed E-state index contributed by atoms with van der Waals surface area (Å²) < 4.78 is 11.3. The number of halogens is 2. The molecule has 1 aliphatic rings. The van der Waals surface area contributed by atoms with E-state index >= 15 is 0 Å². The van der Waals surface area contributed by atoms with Gasteiger partial charge in [0, 0.05) is 11.4 Å². The summed E-state index contributed by atoms with van der Waals surface area (Å²) in [6.45, 7) is 1.55. The van der Waals surface area contributed by atoms with E-state index in [0.717, 1.165) is 5.56 Å². The summed E-state index contributed by atoms with van der Waals surface area (Å²) in [5.74, 6) is -0.847. The zero-order valence-corrected chi connectivity index (χ0v) is 14.5. The lowest BCUT2D eigenvalue weighted by Crippen LogP contribution is -2.48. The van der Waals surface area contributed by atoms with E-state index in [1.165, 1.54) is 0 Å². The highest BCUT2D eigenvalue weighted by atomic mass is 79.9. The monoisotopic (exact) mass is 394 g/mol. The van der Waals surface area contributed by atoms with Crippen LogP contribution in [0.5, 0.6) is 5.75 Å². The molecule has 0 amide bonds. The normalized spacial score (nSPS) is 19.7. The predicted molar refractivity (Wildman–Crippen MR) is 88.8 cm³/mol. The Balaban J connectivity index is 1.86. The first-order valence-corrected chi connectivity index (χ1v) is 8.05. The lowest BCUT2D eigenvalue weighted by molar-refractivity contribution is -0.155. The number of carbonyl (C=O) groups is 2. The van der Waals surface area contributed by atoms with Crippen LogP contribution in [0.15, 0.2) is 46.9 Å². The van der Waals surface area contributed by atoms with Gasteiger partial charge in [-0.25, -0.2) is 9.59 Å². The molecule has 0 radical (unpaired) electrons. The van der Waals surface area contributed by atoms with Gasteiger partial charge in [0.1, 0.15) is 5.75 Å². The van der Waals surface area contributed by atoms with Gasteiger partial charge < -0.3 is 9.47 Å². The van der Waals surface area contributed by atoms with Crippen molar-refractivity contribution < 1.29 is 19.1 Å². The predicted octanol–water partition coefficient (Wildman–Crippen LogP) is 4.18. The van der Waals surface area contributed by atoms with E-state index in [9.17, 15) is 9.59 Å². The van der Waals surface area contributed by atoms with Gasteiger partial charge >= 0.3 is 11.9 Å². The van der Waals surface area contributed by atoms with E-state index < -0.39 is 17.5 Å². The smallest absolute Gasteiger partial charge is 0.356 e. The van der Waals surface area contributed by atoms with Crippen molar-refractivity contribution in [1.29, 1.82) is 0 Å². The molecule has 4 nitrogen and oxygen atoms in total. The Labute approximate surface area is 146 Å². The first kappa shape index (κ1) is 16.0. The van der Waals surface area contributed by atoms with Gasteiger partial charge in [-0.3, -0.25) is 0 Å². The first-order chi connectivity index (χ1) is 10.9. The van der Waals surface area contributed by atoms with Crippen molar-refractivity contribution in [2.45, 2.75) is 18.9 Å². The maximum Gasteiger partial charge on any atom is 0.356 e. The molecule has 0 saturated heterocycles. The van der Waals surface area contributed by atoms with E-state index in [2.05, 4.69) is 15.9 Å². The maximum absolute atomic E-state index is 12.5. The van der Waals surface area contributed by atoms with Crippen molar-refractivity contribution >= 4 is 39.5 Å². The Hall–Kier alpha value is -1.85. The standard InChI is InChI=1S/C17H12BrClO4/c1-17(9-10-4-2-3-5-12(10)15(20)23-17)16(21)22-14-7-6-11(19)8-13(14)18/h2-8H,9H2,1H3/t17-/m1/s1. The third kappa shape index (κ3) is 3.12. The zero-order chi connectivity index (χ0) is 16.6. The molecule has 1 heterocycles. The molecular formula is C17H12BrClO4. The minimum Gasteiger partial charge on any atom is -0.443 e. The molecule has 3 rings (SSSR count). The number of hydrogen-bond donors (Lipinski definition) is 0. The average molecular weight is 396 g/mol.